The van der Waals surface area contributed by atoms with Crippen LogP contribution in [0.5, 0.6) is 5.75 Å². The molecule has 0 aromatic heterocycles. The normalized spacial score (nSPS) is 10.9. The van der Waals surface area contributed by atoms with Crippen LogP contribution < -0.4 is 10.1 Å². The highest BCUT2D eigenvalue weighted by atomic mass is 16.5. The maximum atomic E-state index is 12.3. The Morgan fingerprint density at radius 3 is 2.07 bits per heavy atom. The molecule has 0 atom stereocenters. The Morgan fingerprint density at radius 2 is 1.41 bits per heavy atom. The molecule has 1 amide bonds. The Bertz CT molecular complexity index is 696. The number of hydrogen-bond acceptors (Lipinski definition) is 2. The predicted molar refractivity (Wildman–Crippen MR) is 115 cm³/mol. The van der Waals surface area contributed by atoms with E-state index in [2.05, 4.69) is 12.2 Å². The van der Waals surface area contributed by atoms with Gasteiger partial charge in [-0.05, 0) is 41.5 Å². The average molecular weight is 370 g/mol. The first-order valence-electron chi connectivity index (χ1n) is 10.6. The van der Waals surface area contributed by atoms with E-state index in [-0.39, 0.29) is 5.91 Å². The summed E-state index contributed by atoms with van der Waals surface area (Å²) in [4.78, 5) is 12.3. The topological polar surface area (TPSA) is 38.3 Å². The lowest BCUT2D eigenvalue weighted by molar-refractivity contribution is 0.0953. The van der Waals surface area contributed by atoms with Gasteiger partial charge in [0.15, 0.2) is 0 Å². The summed E-state index contributed by atoms with van der Waals surface area (Å²) in [5, 5.41) is 5.19. The van der Waals surface area contributed by atoms with Gasteiger partial charge < -0.3 is 10.1 Å². The largest absolute Gasteiger partial charge is 0.497 e. The first-order valence-corrected chi connectivity index (χ1v) is 10.6. The molecule has 2 aromatic rings. The standard InChI is InChI=1S/C24H35NO2/c1-3-4-5-6-7-8-9-10-11-12-17-25-24(26)22-14-13-21-19-23(27-2)16-15-20(21)18-22/h13-16,18-19H,3-12,17H2,1-2H3,(H,25,26). The summed E-state index contributed by atoms with van der Waals surface area (Å²) in [6, 6.07) is 11.7. The molecule has 3 nitrogen and oxygen atoms in total. The Balaban J connectivity index is 1.61. The van der Waals surface area contributed by atoms with E-state index in [4.69, 9.17) is 4.74 Å². The SMILES string of the molecule is CCCCCCCCCCCCNC(=O)c1ccc2cc(OC)ccc2c1. The molecule has 0 fully saturated rings. The van der Waals surface area contributed by atoms with Gasteiger partial charge in [0.1, 0.15) is 5.75 Å². The summed E-state index contributed by atoms with van der Waals surface area (Å²) in [5.74, 6) is 0.851. The summed E-state index contributed by atoms with van der Waals surface area (Å²) < 4.78 is 5.24. The number of carbonyl (C=O) groups excluding carboxylic acids is 1. The Labute approximate surface area is 164 Å². The summed E-state index contributed by atoms with van der Waals surface area (Å²) >= 11 is 0. The lowest BCUT2D eigenvalue weighted by Gasteiger charge is -2.07. The third-order valence-electron chi connectivity index (χ3n) is 5.13. The molecule has 0 bridgehead atoms. The quantitative estimate of drug-likeness (QED) is 0.409. The number of carbonyl (C=O) groups is 1. The summed E-state index contributed by atoms with van der Waals surface area (Å²) in [6.45, 7) is 3.02. The molecule has 148 valence electrons. The first-order chi connectivity index (χ1) is 13.2. The molecule has 0 saturated carbocycles. The van der Waals surface area contributed by atoms with Gasteiger partial charge >= 0.3 is 0 Å². The molecular formula is C24H35NO2. The monoisotopic (exact) mass is 369 g/mol. The van der Waals surface area contributed by atoms with Gasteiger partial charge in [-0.3, -0.25) is 4.79 Å². The minimum atomic E-state index is 0.0173. The van der Waals surface area contributed by atoms with Crippen LogP contribution >= 0.6 is 0 Å². The summed E-state index contributed by atoms with van der Waals surface area (Å²) in [5.41, 5.74) is 0.722. The number of unbranched alkanes of at least 4 members (excludes halogenated alkanes) is 9. The van der Waals surface area contributed by atoms with Crippen molar-refractivity contribution in [3.05, 3.63) is 42.0 Å². The molecular weight excluding hydrogens is 334 g/mol. The zero-order valence-electron chi connectivity index (χ0n) is 17.1. The lowest BCUT2D eigenvalue weighted by atomic mass is 10.1. The zero-order valence-corrected chi connectivity index (χ0v) is 17.1. The highest BCUT2D eigenvalue weighted by Gasteiger charge is 2.06. The number of nitrogens with one attached hydrogen (secondary N) is 1. The lowest BCUT2D eigenvalue weighted by Crippen LogP contribution is -2.24. The molecule has 0 aliphatic carbocycles. The minimum Gasteiger partial charge on any atom is -0.497 e. The average Bonchev–Trinajstić information content (AvgIpc) is 2.71. The van der Waals surface area contributed by atoms with Crippen molar-refractivity contribution in [3.8, 4) is 5.75 Å². The van der Waals surface area contributed by atoms with E-state index < -0.39 is 0 Å². The van der Waals surface area contributed by atoms with E-state index >= 15 is 0 Å². The van der Waals surface area contributed by atoms with Crippen LogP contribution in [0.4, 0.5) is 0 Å². The molecule has 27 heavy (non-hydrogen) atoms. The Morgan fingerprint density at radius 1 is 0.815 bits per heavy atom. The Hall–Kier alpha value is -2.03. The molecule has 0 aliphatic heterocycles. The number of ether oxygens (including phenoxy) is 1. The molecule has 0 aliphatic rings. The van der Waals surface area contributed by atoms with Crippen molar-refractivity contribution in [2.45, 2.75) is 71.1 Å². The number of benzene rings is 2. The van der Waals surface area contributed by atoms with Crippen LogP contribution in [0, 0.1) is 0 Å². The fraction of sp³-hybridized carbons (Fsp3) is 0.542. The van der Waals surface area contributed by atoms with Gasteiger partial charge in [0.25, 0.3) is 5.91 Å². The van der Waals surface area contributed by atoms with Gasteiger partial charge in [0, 0.05) is 12.1 Å². The van der Waals surface area contributed by atoms with Crippen LogP contribution in [0.1, 0.15) is 81.5 Å². The van der Waals surface area contributed by atoms with Crippen molar-refractivity contribution in [2.75, 3.05) is 13.7 Å². The molecule has 0 saturated heterocycles. The van der Waals surface area contributed by atoms with E-state index in [1.165, 1.54) is 57.8 Å². The fourth-order valence-corrected chi connectivity index (χ4v) is 3.41. The number of amides is 1. The van der Waals surface area contributed by atoms with E-state index in [0.717, 1.165) is 35.1 Å². The van der Waals surface area contributed by atoms with Crippen LogP contribution in [0.2, 0.25) is 0 Å². The number of rotatable bonds is 13. The highest BCUT2D eigenvalue weighted by molar-refractivity contribution is 5.98. The smallest absolute Gasteiger partial charge is 0.251 e. The molecule has 0 heterocycles. The van der Waals surface area contributed by atoms with Crippen LogP contribution in [-0.4, -0.2) is 19.6 Å². The second kappa shape index (κ2) is 12.4. The second-order valence-corrected chi connectivity index (χ2v) is 7.37. The van der Waals surface area contributed by atoms with Crippen molar-refractivity contribution in [1.82, 2.24) is 5.32 Å². The molecule has 2 aromatic carbocycles. The molecule has 0 unspecified atom stereocenters. The third-order valence-corrected chi connectivity index (χ3v) is 5.13. The van der Waals surface area contributed by atoms with Crippen LogP contribution in [0.15, 0.2) is 36.4 Å². The summed E-state index contributed by atoms with van der Waals surface area (Å²) in [6.07, 6.45) is 13.1. The van der Waals surface area contributed by atoms with Gasteiger partial charge in [-0.25, -0.2) is 0 Å². The van der Waals surface area contributed by atoms with Gasteiger partial charge in [-0.1, -0.05) is 76.8 Å². The maximum absolute atomic E-state index is 12.3. The van der Waals surface area contributed by atoms with Gasteiger partial charge in [-0.15, -0.1) is 0 Å². The molecule has 0 spiro atoms. The molecule has 2 rings (SSSR count). The van der Waals surface area contributed by atoms with E-state index in [9.17, 15) is 4.79 Å². The van der Waals surface area contributed by atoms with Gasteiger partial charge in [0.05, 0.1) is 7.11 Å². The second-order valence-electron chi connectivity index (χ2n) is 7.37. The first kappa shape index (κ1) is 21.3. The molecule has 1 N–H and O–H groups in total. The number of methoxy groups -OCH3 is 1. The van der Waals surface area contributed by atoms with Crippen molar-refractivity contribution in [3.63, 3.8) is 0 Å². The van der Waals surface area contributed by atoms with Gasteiger partial charge in [0.2, 0.25) is 0 Å². The third kappa shape index (κ3) is 7.62. The van der Waals surface area contributed by atoms with E-state index in [1.807, 2.05) is 36.4 Å². The number of fused-ring (bicyclic) bond motifs is 1. The van der Waals surface area contributed by atoms with E-state index in [1.54, 1.807) is 7.11 Å². The van der Waals surface area contributed by atoms with Crippen LogP contribution in [0.25, 0.3) is 10.8 Å². The van der Waals surface area contributed by atoms with E-state index in [0.29, 0.717) is 0 Å². The van der Waals surface area contributed by atoms with Crippen molar-refractivity contribution >= 4 is 16.7 Å². The van der Waals surface area contributed by atoms with Gasteiger partial charge in [-0.2, -0.15) is 0 Å². The van der Waals surface area contributed by atoms with Crippen LogP contribution in [-0.2, 0) is 0 Å². The number of hydrogen-bond donors (Lipinski definition) is 1. The fourth-order valence-electron chi connectivity index (χ4n) is 3.41. The van der Waals surface area contributed by atoms with Crippen molar-refractivity contribution in [2.24, 2.45) is 0 Å². The highest BCUT2D eigenvalue weighted by Crippen LogP contribution is 2.21. The zero-order chi connectivity index (χ0) is 19.3. The van der Waals surface area contributed by atoms with Crippen LogP contribution in [0.3, 0.4) is 0 Å². The predicted octanol–water partition coefficient (Wildman–Crippen LogP) is 6.50. The minimum absolute atomic E-state index is 0.0173. The summed E-state index contributed by atoms with van der Waals surface area (Å²) in [7, 11) is 1.66. The van der Waals surface area contributed by atoms with Crippen molar-refractivity contribution < 1.29 is 9.53 Å². The molecule has 0 radical (unpaired) electrons. The molecule has 3 heteroatoms. The van der Waals surface area contributed by atoms with Crippen molar-refractivity contribution in [1.29, 1.82) is 0 Å². The maximum Gasteiger partial charge on any atom is 0.251 e. The Kier molecular flexibility index (Phi) is 9.75.